The fraction of sp³-hybridized carbons (Fsp3) is 0.658. The maximum atomic E-state index is 15.2. The van der Waals surface area contributed by atoms with E-state index in [0.717, 1.165) is 36.4 Å². The minimum Gasteiger partial charge on any atom is -0.434 e. The molecule has 10 atom stereocenters. The average molecular weight is 648 g/mol. The molecule has 2 saturated carbocycles. The van der Waals surface area contributed by atoms with Gasteiger partial charge in [0, 0.05) is 31.7 Å². The van der Waals surface area contributed by atoms with Crippen LogP contribution in [0.5, 0.6) is 5.75 Å². The number of rotatable bonds is 6. The van der Waals surface area contributed by atoms with Gasteiger partial charge >= 0.3 is 6.16 Å². The summed E-state index contributed by atoms with van der Waals surface area (Å²) in [5.74, 6) is -0.313. The van der Waals surface area contributed by atoms with Crippen molar-refractivity contribution in [2.45, 2.75) is 98.6 Å². The normalized spacial score (nSPS) is 41.3. The summed E-state index contributed by atoms with van der Waals surface area (Å²) in [6, 6.07) is 7.82. The lowest BCUT2D eigenvalue weighted by Crippen LogP contribution is -2.57. The van der Waals surface area contributed by atoms with E-state index in [1.54, 1.807) is 24.3 Å². The monoisotopic (exact) mass is 647 g/mol. The summed E-state index contributed by atoms with van der Waals surface area (Å²) in [5.41, 5.74) is -0.716. The van der Waals surface area contributed by atoms with Crippen molar-refractivity contribution in [3.8, 4) is 5.75 Å². The fourth-order valence-corrected chi connectivity index (χ4v) is 11.6. The number of carbonyl (C=O) groups excluding carboxylic acids is 3. The molecular weight excluding hydrogens is 595 g/mol. The second kappa shape index (κ2) is 10.9. The molecular formula is C38H53NO6Si. The lowest BCUT2D eigenvalue weighted by Gasteiger charge is -2.53. The highest BCUT2D eigenvalue weighted by molar-refractivity contribution is 6.76. The van der Waals surface area contributed by atoms with Crippen molar-refractivity contribution < 1.29 is 29.0 Å². The number of carbonyl (C=O) groups is 3. The number of benzene rings is 1. The van der Waals surface area contributed by atoms with Gasteiger partial charge in [-0.05, 0) is 79.5 Å². The van der Waals surface area contributed by atoms with Gasteiger partial charge in [-0.15, -0.1) is 0 Å². The van der Waals surface area contributed by atoms with Crippen LogP contribution in [0.2, 0.25) is 25.7 Å². The van der Waals surface area contributed by atoms with Gasteiger partial charge in [-0.3, -0.25) is 9.59 Å². The number of allylic oxidation sites excluding steroid dienone is 4. The highest BCUT2D eigenvalue weighted by Crippen LogP contribution is 2.74. The Morgan fingerprint density at radius 3 is 2.35 bits per heavy atom. The number of aliphatic hydroxyl groups is 1. The topological polar surface area (TPSA) is 102 Å². The van der Waals surface area contributed by atoms with Crippen molar-refractivity contribution in [1.82, 2.24) is 5.32 Å². The molecule has 0 radical (unpaired) electrons. The Labute approximate surface area is 275 Å². The van der Waals surface area contributed by atoms with Crippen molar-refractivity contribution in [1.29, 1.82) is 0 Å². The Morgan fingerprint density at radius 2 is 1.70 bits per heavy atom. The summed E-state index contributed by atoms with van der Waals surface area (Å²) in [7, 11) is -1.33. The first-order valence-electron chi connectivity index (χ1n) is 17.3. The third-order valence-corrected chi connectivity index (χ3v) is 14.4. The molecule has 7 nitrogen and oxygen atoms in total. The van der Waals surface area contributed by atoms with E-state index < -0.39 is 36.7 Å². The molecule has 0 bridgehead atoms. The van der Waals surface area contributed by atoms with Gasteiger partial charge in [-0.1, -0.05) is 89.2 Å². The summed E-state index contributed by atoms with van der Waals surface area (Å²) in [6.07, 6.45) is 7.19. The highest BCUT2D eigenvalue weighted by atomic mass is 28.3. The van der Waals surface area contributed by atoms with Gasteiger partial charge in [-0.25, -0.2) is 4.79 Å². The third kappa shape index (κ3) is 4.87. The zero-order valence-electron chi connectivity index (χ0n) is 29.2. The molecule has 1 saturated heterocycles. The minimum atomic E-state index is -1.63. The Hall–Kier alpha value is -2.71. The average Bonchev–Trinajstić information content (AvgIpc) is 3.29. The number of hydrogen-bond donors (Lipinski definition) is 2. The van der Waals surface area contributed by atoms with Crippen molar-refractivity contribution in [3.05, 3.63) is 53.1 Å². The molecule has 46 heavy (non-hydrogen) atoms. The first-order chi connectivity index (χ1) is 21.4. The molecule has 1 aromatic rings. The van der Waals surface area contributed by atoms with Crippen LogP contribution in [0.3, 0.4) is 0 Å². The molecule has 1 aromatic carbocycles. The summed E-state index contributed by atoms with van der Waals surface area (Å²) < 4.78 is 10.6. The SMILES string of the molecule is CC1=C[C@]2(C)[C@@H]3C(C)=C[C@]4(C)C[C@H](C)CC[C@H]4[C@@H]3C(=O)[C@@]23C(=O)N[C@](O)(Cc2ccc(OC(=O)OCC[Si](C)(C)C)cc2)[C@H]3[C@@H]1C. The van der Waals surface area contributed by atoms with Crippen LogP contribution in [-0.2, 0) is 20.7 Å². The Bertz CT molecular complexity index is 1510. The van der Waals surface area contributed by atoms with E-state index in [1.165, 1.54) is 5.57 Å². The summed E-state index contributed by atoms with van der Waals surface area (Å²) in [5, 5.41) is 15.6. The van der Waals surface area contributed by atoms with E-state index in [9.17, 15) is 14.7 Å². The Kier molecular flexibility index (Phi) is 7.87. The lowest BCUT2D eigenvalue weighted by molar-refractivity contribution is -0.151. The third-order valence-electron chi connectivity index (χ3n) is 12.7. The largest absolute Gasteiger partial charge is 0.513 e. The van der Waals surface area contributed by atoms with Crippen molar-refractivity contribution in [2.75, 3.05) is 6.61 Å². The van der Waals surface area contributed by atoms with Gasteiger partial charge in [0.1, 0.15) is 16.9 Å². The van der Waals surface area contributed by atoms with Crippen LogP contribution in [-0.4, -0.2) is 43.4 Å². The smallest absolute Gasteiger partial charge is 0.434 e. The Morgan fingerprint density at radius 1 is 1.02 bits per heavy atom. The highest BCUT2D eigenvalue weighted by Gasteiger charge is 2.82. The van der Waals surface area contributed by atoms with E-state index in [-0.39, 0.29) is 47.2 Å². The zero-order valence-corrected chi connectivity index (χ0v) is 30.2. The van der Waals surface area contributed by atoms with E-state index in [0.29, 0.717) is 18.3 Å². The number of ketones is 1. The van der Waals surface area contributed by atoms with Crippen LogP contribution in [0, 0.1) is 51.8 Å². The molecule has 250 valence electrons. The fourth-order valence-electron chi connectivity index (χ4n) is 10.9. The van der Waals surface area contributed by atoms with Gasteiger partial charge in [0.15, 0.2) is 5.78 Å². The molecule has 6 rings (SSSR count). The maximum Gasteiger partial charge on any atom is 0.513 e. The van der Waals surface area contributed by atoms with Crippen LogP contribution < -0.4 is 10.1 Å². The molecule has 0 aromatic heterocycles. The number of Topliss-reactive ketones (excluding diaryl/α,β-unsaturated/α-hetero) is 1. The van der Waals surface area contributed by atoms with Gasteiger partial charge in [-0.2, -0.15) is 0 Å². The van der Waals surface area contributed by atoms with E-state index >= 15 is 4.79 Å². The molecule has 4 aliphatic carbocycles. The molecule has 1 amide bonds. The van der Waals surface area contributed by atoms with Crippen molar-refractivity contribution in [3.63, 3.8) is 0 Å². The van der Waals surface area contributed by atoms with Crippen molar-refractivity contribution >= 4 is 25.9 Å². The number of nitrogens with one attached hydrogen (secondary N) is 1. The number of fused-ring (bicyclic) bond motifs is 4. The molecule has 8 heteroatoms. The number of amides is 1. The summed E-state index contributed by atoms with van der Waals surface area (Å²) in [4.78, 5) is 42.0. The molecule has 0 unspecified atom stereocenters. The molecule has 2 N–H and O–H groups in total. The quantitative estimate of drug-likeness (QED) is 0.110. The van der Waals surface area contributed by atoms with Crippen LogP contribution in [0.4, 0.5) is 4.79 Å². The van der Waals surface area contributed by atoms with E-state index in [4.69, 9.17) is 9.47 Å². The zero-order chi connectivity index (χ0) is 33.6. The molecule has 1 spiro atoms. The second-order valence-corrected chi connectivity index (χ2v) is 22.8. The first-order valence-corrected chi connectivity index (χ1v) is 21.0. The predicted octanol–water partition coefficient (Wildman–Crippen LogP) is 7.32. The van der Waals surface area contributed by atoms with E-state index in [2.05, 4.69) is 78.7 Å². The molecule has 1 aliphatic heterocycles. The van der Waals surface area contributed by atoms with E-state index in [1.807, 2.05) is 0 Å². The van der Waals surface area contributed by atoms with Gasteiger partial charge in [0.25, 0.3) is 0 Å². The summed E-state index contributed by atoms with van der Waals surface area (Å²) >= 11 is 0. The van der Waals surface area contributed by atoms with Crippen LogP contribution in [0.15, 0.2) is 47.6 Å². The van der Waals surface area contributed by atoms with Gasteiger partial charge in [0.05, 0.1) is 6.61 Å². The Balaban J connectivity index is 1.31. The van der Waals surface area contributed by atoms with Crippen LogP contribution >= 0.6 is 0 Å². The summed E-state index contributed by atoms with van der Waals surface area (Å²) in [6.45, 7) is 20.0. The van der Waals surface area contributed by atoms with Crippen molar-refractivity contribution in [2.24, 2.45) is 51.8 Å². The lowest BCUT2D eigenvalue weighted by atomic mass is 9.48. The van der Waals surface area contributed by atoms with Crippen LogP contribution in [0.25, 0.3) is 0 Å². The first kappa shape index (κ1) is 33.2. The molecule has 5 aliphatic rings. The predicted molar refractivity (Wildman–Crippen MR) is 181 cm³/mol. The second-order valence-electron chi connectivity index (χ2n) is 17.2. The number of hydrogen-bond acceptors (Lipinski definition) is 6. The molecule has 3 fully saturated rings. The maximum absolute atomic E-state index is 15.2. The minimum absolute atomic E-state index is 0.0311. The standard InChI is InChI=1S/C38H53NO6Si/c1-22-10-15-28-29-30(24(3)19-35(28,5)18-22)36(6)20-23(2)25(4)31-37(43,39-33(41)38(31,36)32(29)40)21-26-11-13-27(14-12-26)45-34(42)44-16-17-46(7,8)9/h11-14,19-20,22,25,28-31,43H,10,15-18,21H2,1-9H3,(H,39,41)/t22-,25-,28+,29+,30-,31-,35+,36-,37+,38+/m1/s1. The van der Waals surface area contributed by atoms with Crippen LogP contribution in [0.1, 0.15) is 66.4 Å². The number of ether oxygens (including phenoxy) is 2. The van der Waals surface area contributed by atoms with Gasteiger partial charge < -0.3 is 19.9 Å². The van der Waals surface area contributed by atoms with Gasteiger partial charge in [0.2, 0.25) is 5.91 Å². The molecule has 1 heterocycles.